The van der Waals surface area contributed by atoms with E-state index in [1.54, 1.807) is 13.0 Å². The van der Waals surface area contributed by atoms with Gasteiger partial charge < -0.3 is 9.84 Å². The van der Waals surface area contributed by atoms with Crippen molar-refractivity contribution in [1.82, 2.24) is 15.2 Å². The van der Waals surface area contributed by atoms with Crippen LogP contribution < -0.4 is 10.9 Å². The number of hydrogen-bond acceptors (Lipinski definition) is 6. The minimum Gasteiger partial charge on any atom is -0.506 e. The topological polar surface area (TPSA) is 108 Å². The van der Waals surface area contributed by atoms with Crippen molar-refractivity contribution in [1.29, 1.82) is 0 Å². The van der Waals surface area contributed by atoms with Gasteiger partial charge in [-0.15, -0.1) is 0 Å². The Morgan fingerprint density at radius 2 is 1.87 bits per heavy atom. The van der Waals surface area contributed by atoms with Crippen molar-refractivity contribution in [3.8, 4) is 5.75 Å². The third-order valence-electron chi connectivity index (χ3n) is 4.62. The smallest absolute Gasteiger partial charge is 0.269 e. The third kappa shape index (κ3) is 5.31. The van der Waals surface area contributed by atoms with E-state index in [1.165, 1.54) is 40.7 Å². The van der Waals surface area contributed by atoms with Gasteiger partial charge in [-0.05, 0) is 37.3 Å². The van der Waals surface area contributed by atoms with Crippen molar-refractivity contribution in [3.63, 3.8) is 0 Å². The number of carbonyl (C=O) groups excluding carboxylic acids is 1. The first-order chi connectivity index (χ1) is 14.7. The molecule has 0 bridgehead atoms. The number of morpholine rings is 1. The summed E-state index contributed by atoms with van der Waals surface area (Å²) in [6.07, 6.45) is 1.61. The summed E-state index contributed by atoms with van der Waals surface area (Å²) in [5.74, 6) is -0.759. The summed E-state index contributed by atoms with van der Waals surface area (Å²) in [5.41, 5.74) is 5.99. The molecule has 1 fully saturated rings. The van der Waals surface area contributed by atoms with Gasteiger partial charge in [-0.25, -0.2) is 8.42 Å². The molecular weight excluding hydrogens is 465 g/mol. The second kappa shape index (κ2) is 9.88. The molecule has 0 spiro atoms. The van der Waals surface area contributed by atoms with E-state index in [-0.39, 0.29) is 34.3 Å². The van der Waals surface area contributed by atoms with Crippen LogP contribution >= 0.6 is 23.2 Å². The first kappa shape index (κ1) is 23.4. The third-order valence-corrected chi connectivity index (χ3v) is 7.02. The molecule has 2 aromatic rings. The number of phenols is 1. The van der Waals surface area contributed by atoms with Crippen LogP contribution in [0.25, 0.3) is 5.70 Å². The zero-order valence-electron chi connectivity index (χ0n) is 16.6. The number of aromatic hydroxyl groups is 1. The van der Waals surface area contributed by atoms with E-state index in [0.29, 0.717) is 29.5 Å². The van der Waals surface area contributed by atoms with Gasteiger partial charge in [0.1, 0.15) is 5.75 Å². The highest BCUT2D eigenvalue weighted by molar-refractivity contribution is 7.89. The van der Waals surface area contributed by atoms with Crippen LogP contribution in [-0.2, 0) is 14.8 Å². The quantitative estimate of drug-likeness (QED) is 0.542. The highest BCUT2D eigenvalue weighted by Gasteiger charge is 2.27. The Kier molecular flexibility index (Phi) is 7.45. The Labute approximate surface area is 190 Å². The maximum Gasteiger partial charge on any atom is 0.269 e. The van der Waals surface area contributed by atoms with E-state index in [0.717, 1.165) is 0 Å². The lowest BCUT2D eigenvalue weighted by Gasteiger charge is -2.26. The molecule has 31 heavy (non-hydrogen) atoms. The molecule has 3 rings (SSSR count). The monoisotopic (exact) mass is 485 g/mol. The summed E-state index contributed by atoms with van der Waals surface area (Å²) >= 11 is 12.0. The van der Waals surface area contributed by atoms with Gasteiger partial charge in [0.15, 0.2) is 0 Å². The number of benzene rings is 2. The number of phenolic OH excluding ortho intramolecular Hbond substituents is 1. The maximum atomic E-state index is 12.8. The van der Waals surface area contributed by atoms with Crippen LogP contribution in [-0.4, -0.2) is 50.0 Å². The molecule has 0 aliphatic carbocycles. The van der Waals surface area contributed by atoms with Crippen molar-refractivity contribution in [2.24, 2.45) is 0 Å². The molecule has 0 atom stereocenters. The number of ether oxygens (including phenoxy) is 1. The van der Waals surface area contributed by atoms with Crippen LogP contribution in [0, 0.1) is 0 Å². The first-order valence-electron chi connectivity index (χ1n) is 9.33. The van der Waals surface area contributed by atoms with Crippen LogP contribution in [0.15, 0.2) is 47.4 Å². The summed E-state index contributed by atoms with van der Waals surface area (Å²) in [6.45, 7) is 2.87. The molecule has 3 N–H and O–H groups in total. The molecular formula is C20H21Cl2N3O5S. The second-order valence-electron chi connectivity index (χ2n) is 6.61. The summed E-state index contributed by atoms with van der Waals surface area (Å²) in [6, 6.07) is 8.64. The summed E-state index contributed by atoms with van der Waals surface area (Å²) < 4.78 is 32.2. The maximum absolute atomic E-state index is 12.8. The summed E-state index contributed by atoms with van der Waals surface area (Å²) in [7, 11) is -3.73. The van der Waals surface area contributed by atoms with Gasteiger partial charge in [0.05, 0.1) is 28.8 Å². The number of rotatable bonds is 6. The van der Waals surface area contributed by atoms with Gasteiger partial charge in [0.2, 0.25) is 10.0 Å². The van der Waals surface area contributed by atoms with Crippen LogP contribution in [0.5, 0.6) is 5.75 Å². The van der Waals surface area contributed by atoms with Gasteiger partial charge in [-0.3, -0.25) is 15.6 Å². The Balaban J connectivity index is 1.76. The Morgan fingerprint density at radius 3 is 2.55 bits per heavy atom. The predicted molar refractivity (Wildman–Crippen MR) is 118 cm³/mol. The molecule has 1 saturated heterocycles. The molecule has 166 valence electrons. The lowest BCUT2D eigenvalue weighted by Crippen LogP contribution is -2.40. The standard InChI is InChI=1S/C20H21Cl2N3O5S/c1-2-18(16-11-14(21)12-17(22)19(16)26)23-24-20(27)13-4-3-5-15(10-13)31(28,29)25-6-8-30-9-7-25/h2-5,10-12,23,26H,6-9H2,1H3,(H,24,27)/b18-2+. The van der Waals surface area contributed by atoms with E-state index in [2.05, 4.69) is 10.9 Å². The lowest BCUT2D eigenvalue weighted by atomic mass is 10.1. The summed E-state index contributed by atoms with van der Waals surface area (Å²) in [5, 5.41) is 10.6. The van der Waals surface area contributed by atoms with Crippen LogP contribution in [0.1, 0.15) is 22.8 Å². The molecule has 1 aliphatic heterocycles. The SMILES string of the molecule is C/C=C(/NNC(=O)c1cccc(S(=O)(=O)N2CCOCC2)c1)c1cc(Cl)cc(Cl)c1O. The average Bonchev–Trinajstić information content (AvgIpc) is 2.77. The number of sulfonamides is 1. The van der Waals surface area contributed by atoms with Gasteiger partial charge in [0, 0.05) is 29.2 Å². The molecule has 0 radical (unpaired) electrons. The van der Waals surface area contributed by atoms with E-state index >= 15 is 0 Å². The zero-order chi connectivity index (χ0) is 22.6. The molecule has 0 aromatic heterocycles. The van der Waals surface area contributed by atoms with Crippen molar-refractivity contribution in [2.45, 2.75) is 11.8 Å². The average molecular weight is 486 g/mol. The van der Waals surface area contributed by atoms with Gasteiger partial charge in [0.25, 0.3) is 5.91 Å². The fraction of sp³-hybridized carbons (Fsp3) is 0.250. The number of hydrogen-bond donors (Lipinski definition) is 3. The Bertz CT molecular complexity index is 1120. The first-order valence-corrected chi connectivity index (χ1v) is 11.5. The fourth-order valence-electron chi connectivity index (χ4n) is 3.00. The largest absolute Gasteiger partial charge is 0.506 e. The molecule has 1 amide bonds. The minimum atomic E-state index is -3.73. The summed E-state index contributed by atoms with van der Waals surface area (Å²) in [4.78, 5) is 12.6. The number of hydrazine groups is 1. The fourth-order valence-corrected chi connectivity index (χ4v) is 4.94. The highest BCUT2D eigenvalue weighted by Crippen LogP contribution is 2.34. The Morgan fingerprint density at radius 1 is 1.16 bits per heavy atom. The molecule has 0 saturated carbocycles. The highest BCUT2D eigenvalue weighted by atomic mass is 35.5. The van der Waals surface area contributed by atoms with Gasteiger partial charge in [-0.2, -0.15) is 4.31 Å². The molecule has 8 nitrogen and oxygen atoms in total. The van der Waals surface area contributed by atoms with Crippen molar-refractivity contribution in [2.75, 3.05) is 26.3 Å². The van der Waals surface area contributed by atoms with Crippen molar-refractivity contribution < 1.29 is 23.1 Å². The zero-order valence-corrected chi connectivity index (χ0v) is 18.9. The van der Waals surface area contributed by atoms with Crippen LogP contribution in [0.2, 0.25) is 10.0 Å². The van der Waals surface area contributed by atoms with Crippen LogP contribution in [0.3, 0.4) is 0 Å². The second-order valence-corrected chi connectivity index (χ2v) is 9.39. The van der Waals surface area contributed by atoms with Gasteiger partial charge >= 0.3 is 0 Å². The normalized spacial score (nSPS) is 15.5. The number of nitrogens with one attached hydrogen (secondary N) is 2. The molecule has 11 heteroatoms. The molecule has 1 heterocycles. The van der Waals surface area contributed by atoms with Crippen LogP contribution in [0.4, 0.5) is 0 Å². The minimum absolute atomic E-state index is 0.0209. The van der Waals surface area contributed by atoms with E-state index in [1.807, 2.05) is 0 Å². The molecule has 2 aromatic carbocycles. The molecule has 1 aliphatic rings. The van der Waals surface area contributed by atoms with Gasteiger partial charge in [-0.1, -0.05) is 35.3 Å². The number of nitrogens with zero attached hydrogens (tertiary/aromatic N) is 1. The lowest BCUT2D eigenvalue weighted by molar-refractivity contribution is 0.0730. The number of carbonyl (C=O) groups is 1. The predicted octanol–water partition coefficient (Wildman–Crippen LogP) is 3.02. The van der Waals surface area contributed by atoms with E-state index < -0.39 is 15.9 Å². The number of amides is 1. The Hall–Kier alpha value is -2.30. The van der Waals surface area contributed by atoms with E-state index in [9.17, 15) is 18.3 Å². The van der Waals surface area contributed by atoms with E-state index in [4.69, 9.17) is 27.9 Å². The number of halogens is 2. The van der Waals surface area contributed by atoms with Crippen molar-refractivity contribution in [3.05, 3.63) is 63.6 Å². The molecule has 0 unspecified atom stereocenters. The number of allylic oxidation sites excluding steroid dienone is 1. The van der Waals surface area contributed by atoms with Crippen molar-refractivity contribution >= 4 is 44.8 Å².